The Morgan fingerprint density at radius 2 is 2.00 bits per heavy atom. The van der Waals surface area contributed by atoms with E-state index >= 15 is 0 Å². The molecule has 2 heterocycles. The molecule has 7 nitrogen and oxygen atoms in total. The molecule has 1 aromatic heterocycles. The second-order valence-corrected chi connectivity index (χ2v) is 10.5. The molecule has 0 atom stereocenters. The van der Waals surface area contributed by atoms with E-state index in [1.54, 1.807) is 25.6 Å². The van der Waals surface area contributed by atoms with Crippen LogP contribution in [0.1, 0.15) is 24.5 Å². The summed E-state index contributed by atoms with van der Waals surface area (Å²) >= 11 is 1.34. The quantitative estimate of drug-likeness (QED) is 0.316. The molecule has 2 aliphatic rings. The van der Waals surface area contributed by atoms with Crippen molar-refractivity contribution in [2.75, 3.05) is 4.72 Å². The molecule has 170 valence electrons. The highest BCUT2D eigenvalue weighted by atomic mass is 32.2. The minimum atomic E-state index is -4.01. The van der Waals surface area contributed by atoms with Gasteiger partial charge in [0.2, 0.25) is 0 Å². The molecule has 0 unspecified atom stereocenters. The lowest BCUT2D eigenvalue weighted by Gasteiger charge is -2.20. The minimum Gasteiger partial charge on any atom is -0.506 e. The monoisotopic (exact) mass is 489 g/mol. The van der Waals surface area contributed by atoms with E-state index in [2.05, 4.69) is 26.5 Å². The number of hydrogen-bond acceptors (Lipinski definition) is 7. The zero-order valence-electron chi connectivity index (χ0n) is 18.3. The summed E-state index contributed by atoms with van der Waals surface area (Å²) in [7, 11) is -4.01. The third-order valence-electron chi connectivity index (χ3n) is 5.63. The lowest BCUT2D eigenvalue weighted by atomic mass is 9.95. The van der Waals surface area contributed by atoms with Crippen LogP contribution in [-0.4, -0.2) is 18.5 Å². The predicted octanol–water partition coefficient (Wildman–Crippen LogP) is 6.21. The summed E-state index contributed by atoms with van der Waals surface area (Å²) in [5.41, 5.74) is 2.91. The Balaban J connectivity index is 1.61. The average molecular weight is 490 g/mol. The van der Waals surface area contributed by atoms with Gasteiger partial charge < -0.3 is 5.11 Å². The van der Waals surface area contributed by atoms with Gasteiger partial charge >= 0.3 is 10.0 Å². The number of aromatic nitrogens is 1. The van der Waals surface area contributed by atoms with E-state index in [1.165, 1.54) is 11.8 Å². The van der Waals surface area contributed by atoms with Crippen molar-refractivity contribution in [3.05, 3.63) is 89.1 Å². The maximum atomic E-state index is 13.3. The van der Waals surface area contributed by atoms with Crippen LogP contribution in [0.15, 0.2) is 91.6 Å². The third-order valence-corrected chi connectivity index (χ3v) is 8.19. The highest BCUT2D eigenvalue weighted by Crippen LogP contribution is 2.45. The van der Waals surface area contributed by atoms with Gasteiger partial charge in [-0.05, 0) is 43.2 Å². The van der Waals surface area contributed by atoms with Crippen LogP contribution in [0, 0.1) is 6.42 Å². The van der Waals surface area contributed by atoms with Gasteiger partial charge in [-0.25, -0.2) is 0 Å². The van der Waals surface area contributed by atoms with Crippen LogP contribution in [0.2, 0.25) is 0 Å². The second-order valence-electron chi connectivity index (χ2n) is 7.79. The SMILES string of the molecule is C=C1N=NC([CH+]C)=C1S(=O)(=O)Nc1cc(Sc2cccc3cccnc23)c(O)c2c1CCC=C2. The van der Waals surface area contributed by atoms with E-state index in [0.29, 0.717) is 22.6 Å². The number of pyridine rings is 1. The lowest BCUT2D eigenvalue weighted by molar-refractivity contribution is 0.460. The van der Waals surface area contributed by atoms with Crippen LogP contribution in [-0.2, 0) is 16.4 Å². The lowest BCUT2D eigenvalue weighted by Crippen LogP contribution is -2.18. The van der Waals surface area contributed by atoms with Gasteiger partial charge in [0.1, 0.15) is 5.75 Å². The molecular formula is C25H21N4O3S2+. The number of phenols is 1. The molecule has 2 aromatic carbocycles. The maximum Gasteiger partial charge on any atom is 0.335 e. The zero-order valence-corrected chi connectivity index (χ0v) is 19.9. The van der Waals surface area contributed by atoms with Crippen molar-refractivity contribution >= 4 is 44.5 Å². The van der Waals surface area contributed by atoms with Gasteiger partial charge in [0.15, 0.2) is 5.70 Å². The zero-order chi connectivity index (χ0) is 23.9. The maximum absolute atomic E-state index is 13.3. The summed E-state index contributed by atoms with van der Waals surface area (Å²) in [6, 6.07) is 11.4. The fourth-order valence-corrected chi connectivity index (χ4v) is 6.45. The molecule has 2 N–H and O–H groups in total. The molecule has 0 fully saturated rings. The van der Waals surface area contributed by atoms with Crippen molar-refractivity contribution < 1.29 is 13.5 Å². The van der Waals surface area contributed by atoms with E-state index in [-0.39, 0.29) is 22.0 Å². The number of phenolic OH excluding ortho intramolecular Hbond substituents is 1. The molecule has 0 spiro atoms. The number of azo groups is 1. The van der Waals surface area contributed by atoms with Crippen LogP contribution in [0.4, 0.5) is 5.69 Å². The average Bonchev–Trinajstić information content (AvgIpc) is 3.23. The van der Waals surface area contributed by atoms with E-state index < -0.39 is 10.0 Å². The van der Waals surface area contributed by atoms with E-state index in [4.69, 9.17) is 0 Å². The number of hydrogen-bond donors (Lipinski definition) is 2. The first kappa shape index (κ1) is 22.2. The highest BCUT2D eigenvalue weighted by Gasteiger charge is 2.38. The van der Waals surface area contributed by atoms with Gasteiger partial charge in [-0.15, -0.1) is 10.2 Å². The Hall–Kier alpha value is -3.56. The first-order valence-electron chi connectivity index (χ1n) is 10.6. The van der Waals surface area contributed by atoms with E-state index in [1.807, 2.05) is 42.5 Å². The Bertz CT molecular complexity index is 1530. The summed E-state index contributed by atoms with van der Waals surface area (Å²) in [5, 5.41) is 19.8. The summed E-state index contributed by atoms with van der Waals surface area (Å²) in [4.78, 5) is 5.82. The summed E-state index contributed by atoms with van der Waals surface area (Å²) in [5.74, 6) is 0.115. The number of nitrogens with zero attached hydrogens (tertiary/aromatic N) is 3. The number of nitrogens with one attached hydrogen (secondary N) is 1. The van der Waals surface area contributed by atoms with Gasteiger partial charge in [0.25, 0.3) is 10.6 Å². The first-order chi connectivity index (χ1) is 16.4. The van der Waals surface area contributed by atoms with Gasteiger partial charge in [0, 0.05) is 29.0 Å². The Labute approximate surface area is 202 Å². The fourth-order valence-electron chi connectivity index (χ4n) is 4.06. The smallest absolute Gasteiger partial charge is 0.335 e. The van der Waals surface area contributed by atoms with Crippen LogP contribution in [0.3, 0.4) is 0 Å². The minimum absolute atomic E-state index is 0.0457. The molecule has 0 saturated heterocycles. The molecule has 3 aromatic rings. The number of sulfonamides is 1. The van der Waals surface area contributed by atoms with Gasteiger partial charge in [-0.1, -0.05) is 42.1 Å². The van der Waals surface area contributed by atoms with Crippen molar-refractivity contribution in [3.8, 4) is 5.75 Å². The molecular weight excluding hydrogens is 468 g/mol. The first-order valence-corrected chi connectivity index (χ1v) is 12.9. The van der Waals surface area contributed by atoms with E-state index in [0.717, 1.165) is 27.8 Å². The van der Waals surface area contributed by atoms with Crippen molar-refractivity contribution in [1.29, 1.82) is 0 Å². The summed E-state index contributed by atoms with van der Waals surface area (Å²) in [6.07, 6.45) is 8.45. The Kier molecular flexibility index (Phi) is 5.66. The van der Waals surface area contributed by atoms with Gasteiger partial charge in [-0.2, -0.15) is 8.42 Å². The number of rotatable bonds is 6. The molecule has 1 aliphatic carbocycles. The number of aromatic hydroxyl groups is 1. The van der Waals surface area contributed by atoms with Crippen molar-refractivity contribution in [1.82, 2.24) is 4.98 Å². The van der Waals surface area contributed by atoms with Gasteiger partial charge in [0.05, 0.1) is 22.5 Å². The molecule has 0 radical (unpaired) electrons. The van der Waals surface area contributed by atoms with Crippen molar-refractivity contribution in [2.24, 2.45) is 10.2 Å². The highest BCUT2D eigenvalue weighted by molar-refractivity contribution is 7.99. The van der Waals surface area contributed by atoms with E-state index in [9.17, 15) is 13.5 Å². The van der Waals surface area contributed by atoms with Crippen LogP contribution in [0.5, 0.6) is 5.75 Å². The summed E-state index contributed by atoms with van der Waals surface area (Å²) < 4.78 is 29.4. The molecule has 5 rings (SSSR count). The third kappa shape index (κ3) is 3.86. The van der Waals surface area contributed by atoms with Crippen molar-refractivity contribution in [3.63, 3.8) is 0 Å². The molecule has 9 heteroatoms. The van der Waals surface area contributed by atoms with Crippen molar-refractivity contribution in [2.45, 2.75) is 29.6 Å². The summed E-state index contributed by atoms with van der Waals surface area (Å²) in [6.45, 7) is 5.42. The number of fused-ring (bicyclic) bond motifs is 2. The van der Waals surface area contributed by atoms with Crippen LogP contribution in [0.25, 0.3) is 17.0 Å². The fraction of sp³-hybridized carbons (Fsp3) is 0.120. The molecule has 34 heavy (non-hydrogen) atoms. The molecule has 0 saturated carbocycles. The Morgan fingerprint density at radius 1 is 1.18 bits per heavy atom. The molecule has 1 aliphatic heterocycles. The molecule has 0 amide bonds. The standard InChI is InChI=1S/C25H20N4O3S2/c1-3-19-25(15(2)27-28-19)34(31,32)29-20-14-22(24(30)18-11-5-4-10-17(18)20)33-21-12-6-8-16-9-7-13-26-23(16)21/h3,5-9,11-14H,2,4,10H2,1H3,(H-,27,28,29,30)/p+1. The predicted molar refractivity (Wildman–Crippen MR) is 135 cm³/mol. The number of anilines is 1. The van der Waals surface area contributed by atoms with Gasteiger partial charge in [-0.3, -0.25) is 9.71 Å². The number of allylic oxidation sites excluding steroid dienone is 2. The number of para-hydroxylation sites is 1. The second kappa shape index (κ2) is 8.66. The largest absolute Gasteiger partial charge is 0.506 e. The number of benzene rings is 2. The van der Waals surface area contributed by atoms with Crippen LogP contribution >= 0.6 is 11.8 Å². The van der Waals surface area contributed by atoms with Crippen LogP contribution < -0.4 is 4.72 Å². The molecule has 0 bridgehead atoms. The Morgan fingerprint density at radius 3 is 2.82 bits per heavy atom. The normalized spacial score (nSPS) is 15.1. The topological polar surface area (TPSA) is 104 Å².